The highest BCUT2D eigenvalue weighted by Gasteiger charge is 2.69. The number of nitrogens with zero attached hydrogens (tertiary/aromatic N) is 1. The Morgan fingerprint density at radius 2 is 0.778 bits per heavy atom. The van der Waals surface area contributed by atoms with Crippen molar-refractivity contribution in [2.45, 2.75) is 64.7 Å². The molecule has 2 aromatic rings. The summed E-state index contributed by atoms with van der Waals surface area (Å²) in [6, 6.07) is 10.2. The number of Topliss-reactive ketones (excluding diaryl/α,β-unsaturated/α-hetero) is 4. The maximum Gasteiger partial charge on any atom is 0.317 e. The van der Waals surface area contributed by atoms with Gasteiger partial charge >= 0.3 is 35.8 Å². The fourth-order valence-electron chi connectivity index (χ4n) is 8.13. The zero-order chi connectivity index (χ0) is 46.9. The molecule has 19 heteroatoms. The molecule has 0 spiro atoms. The number of carbonyl (C=O) groups excluding carboxylic acids is 10. The molecule has 4 atom stereocenters. The lowest BCUT2D eigenvalue weighted by Gasteiger charge is -2.46. The van der Waals surface area contributed by atoms with Crippen LogP contribution >= 0.6 is 7.29 Å². The summed E-state index contributed by atoms with van der Waals surface area (Å²) in [6.45, 7) is 13.8. The van der Waals surface area contributed by atoms with Crippen LogP contribution in [-0.4, -0.2) is 101 Å². The Hall–Kier alpha value is -6.55. The number of benzene rings is 2. The van der Waals surface area contributed by atoms with E-state index in [4.69, 9.17) is 28.4 Å². The van der Waals surface area contributed by atoms with Crippen LogP contribution in [0, 0.1) is 23.7 Å². The van der Waals surface area contributed by atoms with Crippen LogP contribution in [0.3, 0.4) is 0 Å². The van der Waals surface area contributed by atoms with Crippen LogP contribution in [-0.2, 0) is 71.5 Å². The summed E-state index contributed by atoms with van der Waals surface area (Å²) in [5.41, 5.74) is -5.43. The molecular formula is C44H48NO17P. The lowest BCUT2D eigenvalue weighted by molar-refractivity contribution is -0.163. The van der Waals surface area contributed by atoms with Crippen LogP contribution in [0.1, 0.15) is 64.5 Å². The number of rotatable bonds is 17. The van der Waals surface area contributed by atoms with Gasteiger partial charge in [-0.25, -0.2) is 0 Å². The van der Waals surface area contributed by atoms with E-state index in [9.17, 15) is 28.8 Å². The number of esters is 6. The van der Waals surface area contributed by atoms with Crippen LogP contribution in [0.15, 0.2) is 74.1 Å². The van der Waals surface area contributed by atoms with Crippen LogP contribution < -0.4 is 9.47 Å². The highest BCUT2D eigenvalue weighted by molar-refractivity contribution is 7.67. The Bertz CT molecular complexity index is 2000. The average Bonchev–Trinajstić information content (AvgIpc) is 3.21. The lowest BCUT2D eigenvalue weighted by atomic mass is 9.67. The van der Waals surface area contributed by atoms with Gasteiger partial charge < -0.3 is 33.1 Å². The van der Waals surface area contributed by atoms with E-state index >= 15 is 23.7 Å². The lowest BCUT2D eigenvalue weighted by Crippen LogP contribution is -2.60. The first kappa shape index (κ1) is 49.1. The fraction of sp³-hybridized carbons (Fsp3) is 0.409. The number of ether oxygens (including phenoxy) is 6. The van der Waals surface area contributed by atoms with Gasteiger partial charge in [-0.3, -0.25) is 52.5 Å². The van der Waals surface area contributed by atoms with Crippen molar-refractivity contribution in [1.29, 1.82) is 0 Å². The second-order valence-electron chi connectivity index (χ2n) is 14.1. The fourth-order valence-corrected chi connectivity index (χ4v) is 11.6. The van der Waals surface area contributed by atoms with E-state index in [1.165, 1.54) is 76.2 Å². The van der Waals surface area contributed by atoms with Crippen molar-refractivity contribution >= 4 is 66.2 Å². The predicted molar refractivity (Wildman–Crippen MR) is 219 cm³/mol. The quantitative estimate of drug-likeness (QED) is 0.0715. The molecule has 2 aliphatic carbocycles. The summed E-state index contributed by atoms with van der Waals surface area (Å²) in [5, 5.41) is 0. The number of carbonyl (C=O) groups is 10. The Balaban J connectivity index is 2.09. The highest BCUT2D eigenvalue weighted by Crippen LogP contribution is 2.66. The van der Waals surface area contributed by atoms with Gasteiger partial charge in [-0.05, 0) is 63.1 Å². The second kappa shape index (κ2) is 21.0. The molecule has 0 saturated heterocycles. The van der Waals surface area contributed by atoms with Crippen molar-refractivity contribution in [3.05, 3.63) is 85.2 Å². The van der Waals surface area contributed by atoms with E-state index in [0.717, 1.165) is 26.2 Å². The summed E-state index contributed by atoms with van der Waals surface area (Å²) >= 11 is 0. The van der Waals surface area contributed by atoms with Crippen molar-refractivity contribution in [2.75, 3.05) is 26.4 Å². The zero-order valence-corrected chi connectivity index (χ0v) is 36.4. The van der Waals surface area contributed by atoms with E-state index in [1.807, 2.05) is 0 Å². The molecule has 2 fully saturated rings. The molecule has 0 aromatic heterocycles. The smallest absolute Gasteiger partial charge is 0.317 e. The van der Waals surface area contributed by atoms with E-state index in [2.05, 4.69) is 13.2 Å². The molecule has 0 aliphatic heterocycles. The minimum Gasteiger partial charge on any atom is -0.465 e. The molecular weight excluding hydrogens is 845 g/mol. The largest absolute Gasteiger partial charge is 0.465 e. The van der Waals surface area contributed by atoms with Gasteiger partial charge in [-0.15, -0.1) is 0 Å². The molecule has 2 aliphatic rings. The van der Waals surface area contributed by atoms with Crippen LogP contribution in [0.25, 0.3) is 0 Å². The van der Waals surface area contributed by atoms with Gasteiger partial charge in [0.2, 0.25) is 7.29 Å². The Morgan fingerprint density at radius 3 is 0.984 bits per heavy atom. The van der Waals surface area contributed by atoms with E-state index in [1.54, 1.807) is 0 Å². The average molecular weight is 894 g/mol. The molecule has 18 nitrogen and oxygen atoms in total. The van der Waals surface area contributed by atoms with Gasteiger partial charge in [0.1, 0.15) is 35.2 Å². The maximum atomic E-state index is 16.4. The molecule has 336 valence electrons. The monoisotopic (exact) mass is 893 g/mol. The predicted octanol–water partition coefficient (Wildman–Crippen LogP) is 4.03. The van der Waals surface area contributed by atoms with Gasteiger partial charge in [0.15, 0.2) is 34.5 Å². The van der Waals surface area contributed by atoms with Crippen molar-refractivity contribution < 1.29 is 80.9 Å². The third-order valence-electron chi connectivity index (χ3n) is 10.4. The Kier molecular flexibility index (Phi) is 16.4. The molecule has 2 saturated carbocycles. The number of hydrogen-bond donors (Lipinski definition) is 0. The van der Waals surface area contributed by atoms with Crippen LogP contribution in [0.2, 0.25) is 0 Å². The second-order valence-corrected chi connectivity index (χ2v) is 17.0. The summed E-state index contributed by atoms with van der Waals surface area (Å²) in [5.74, 6) is -24.3. The molecule has 2 aromatic carbocycles. The molecule has 4 unspecified atom stereocenters. The van der Waals surface area contributed by atoms with Gasteiger partial charge in [-0.1, -0.05) is 37.4 Å². The highest BCUT2D eigenvalue weighted by atomic mass is 31.2. The SMILES string of the molecule is C=CN(C=C)P(=O)(C1C(=O)C(C(=O)OCC)C(c2ccc(OC(C)=O)cc2)C(C(=O)OCC)C1=O)C1C(=O)C(C(=O)OCC)C(c2ccc(OC(C)=O)cc2)C(C(=O)OCC)C1=O. The number of hydrogen-bond acceptors (Lipinski definition) is 17. The van der Waals surface area contributed by atoms with Crippen molar-refractivity contribution in [3.8, 4) is 11.5 Å². The topological polar surface area (TPSA) is 246 Å². The van der Waals surface area contributed by atoms with Gasteiger partial charge in [0.05, 0.1) is 26.4 Å². The molecule has 0 bridgehead atoms. The first-order valence-corrected chi connectivity index (χ1v) is 21.7. The van der Waals surface area contributed by atoms with Crippen LogP contribution in [0.5, 0.6) is 11.5 Å². The molecule has 0 heterocycles. The van der Waals surface area contributed by atoms with E-state index in [-0.39, 0.29) is 49.1 Å². The minimum atomic E-state index is -5.62. The van der Waals surface area contributed by atoms with Crippen molar-refractivity contribution in [1.82, 2.24) is 4.67 Å². The summed E-state index contributed by atoms with van der Waals surface area (Å²) < 4.78 is 48.3. The molecule has 0 radical (unpaired) electrons. The minimum absolute atomic E-state index is 0.00146. The van der Waals surface area contributed by atoms with Crippen molar-refractivity contribution in [3.63, 3.8) is 0 Å². The van der Waals surface area contributed by atoms with E-state index < -0.39 is 113 Å². The first-order valence-electron chi connectivity index (χ1n) is 19.9. The summed E-state index contributed by atoms with van der Waals surface area (Å²) in [4.78, 5) is 140. The zero-order valence-electron chi connectivity index (χ0n) is 35.5. The standard InChI is InChI=1S/C44H48NO17P/c1-9-45(10-2)63(56,39-35(48)31(41(52)57-11-3)29(32(36(39)49)42(53)58-12-4)25-15-19-27(20-16-25)61-23(7)46)40-37(50)33(43(54)59-13-5)30(34(38(40)51)44(55)60-14-6)26-17-21-28(22-18-26)62-24(8)47/h9-10,15-22,29-34,39-40H,1-2,11-14H2,3-8H3. The molecule has 63 heavy (non-hydrogen) atoms. The first-order chi connectivity index (χ1) is 29.9. The maximum absolute atomic E-state index is 16.4. The van der Waals surface area contributed by atoms with Crippen LogP contribution in [0.4, 0.5) is 0 Å². The van der Waals surface area contributed by atoms with Crippen molar-refractivity contribution in [2.24, 2.45) is 23.7 Å². The molecule has 0 N–H and O–H groups in total. The van der Waals surface area contributed by atoms with E-state index in [0.29, 0.717) is 4.67 Å². The summed E-state index contributed by atoms with van der Waals surface area (Å²) in [7, 11) is -5.62. The Labute approximate surface area is 362 Å². The molecule has 4 rings (SSSR count). The third kappa shape index (κ3) is 9.75. The third-order valence-corrected chi connectivity index (χ3v) is 14.0. The normalized spacial score (nSPS) is 24.2. The molecule has 0 amide bonds. The Morgan fingerprint density at radius 1 is 0.524 bits per heavy atom. The van der Waals surface area contributed by atoms with Gasteiger partial charge in [-0.2, -0.15) is 0 Å². The van der Waals surface area contributed by atoms with Gasteiger partial charge in [0.25, 0.3) is 0 Å². The summed E-state index contributed by atoms with van der Waals surface area (Å²) in [6.07, 6.45) is 1.57. The number of ketones is 4. The van der Waals surface area contributed by atoms with Gasteiger partial charge in [0, 0.05) is 38.1 Å².